The first-order chi connectivity index (χ1) is 13.3. The van der Waals surface area contributed by atoms with Crippen molar-refractivity contribution < 1.29 is 9.13 Å². The van der Waals surface area contributed by atoms with Gasteiger partial charge in [-0.15, -0.1) is 0 Å². The Hall–Kier alpha value is -2.37. The lowest BCUT2D eigenvalue weighted by atomic mass is 10.3. The molecular weight excluding hydrogens is 336 g/mol. The summed E-state index contributed by atoms with van der Waals surface area (Å²) in [6.07, 6.45) is 26.3. The van der Waals surface area contributed by atoms with E-state index in [9.17, 15) is 0 Å². The van der Waals surface area contributed by atoms with Crippen molar-refractivity contribution in [3.8, 4) is 0 Å². The summed E-state index contributed by atoms with van der Waals surface area (Å²) in [5.41, 5.74) is 0. The van der Waals surface area contributed by atoms with Gasteiger partial charge in [-0.3, -0.25) is 0 Å². The van der Waals surface area contributed by atoms with Gasteiger partial charge >= 0.3 is 0 Å². The molecule has 3 rings (SSSR count). The molecule has 0 aliphatic heterocycles. The van der Waals surface area contributed by atoms with Gasteiger partial charge in [0.15, 0.2) is 0 Å². The van der Waals surface area contributed by atoms with Gasteiger partial charge in [-0.25, -0.2) is 23.3 Å². The molecule has 6 nitrogen and oxygen atoms in total. The molecule has 0 N–H and O–H groups in total. The van der Waals surface area contributed by atoms with Crippen LogP contribution in [-0.2, 0) is 32.7 Å². The van der Waals surface area contributed by atoms with E-state index in [2.05, 4.69) is 72.2 Å². The number of unbranched alkanes of at least 4 members (excludes halogenated alkanes) is 3. The van der Waals surface area contributed by atoms with Crippen molar-refractivity contribution in [3.63, 3.8) is 0 Å². The topological polar surface area (TPSA) is 35.4 Å². The Bertz CT molecular complexity index is 755. The second-order valence-corrected chi connectivity index (χ2v) is 7.35. The number of rotatable bonds is 13. The molecule has 0 aromatic carbocycles. The summed E-state index contributed by atoms with van der Waals surface area (Å²) < 4.78 is 11.4. The first-order valence-corrected chi connectivity index (χ1v) is 10.4. The molecule has 0 aliphatic rings. The molecule has 0 unspecified atom stereocenters. The summed E-state index contributed by atoms with van der Waals surface area (Å²) in [7, 11) is 0. The van der Waals surface area contributed by atoms with Crippen LogP contribution in [-0.4, -0.2) is 18.7 Å². The van der Waals surface area contributed by atoms with Crippen LogP contribution in [0.4, 0.5) is 0 Å². The van der Waals surface area contributed by atoms with Crippen molar-refractivity contribution in [2.45, 2.75) is 78.2 Å². The summed E-state index contributed by atoms with van der Waals surface area (Å²) in [6, 6.07) is 0. The Morgan fingerprint density at radius 3 is 1.85 bits per heavy atom. The minimum absolute atomic E-state index is 1.05. The van der Waals surface area contributed by atoms with Gasteiger partial charge < -0.3 is 4.57 Å². The van der Waals surface area contributed by atoms with E-state index in [0.717, 1.165) is 32.7 Å². The molecule has 0 spiro atoms. The molecule has 0 saturated carbocycles. The Morgan fingerprint density at radius 2 is 1.30 bits per heavy atom. The van der Waals surface area contributed by atoms with Crippen LogP contribution in [0.3, 0.4) is 0 Å². The van der Waals surface area contributed by atoms with E-state index < -0.39 is 0 Å². The van der Waals surface area contributed by atoms with Gasteiger partial charge in [0.05, 0.1) is 32.5 Å². The number of aromatic nitrogens is 6. The van der Waals surface area contributed by atoms with Crippen molar-refractivity contribution in [2.75, 3.05) is 0 Å². The van der Waals surface area contributed by atoms with Crippen molar-refractivity contribution >= 4 is 0 Å². The van der Waals surface area contributed by atoms with E-state index in [1.165, 1.54) is 38.5 Å². The summed E-state index contributed by atoms with van der Waals surface area (Å²) >= 11 is 0. The van der Waals surface area contributed by atoms with E-state index in [4.69, 9.17) is 0 Å². The molecule has 0 saturated heterocycles. The largest absolute Gasteiger partial charge is 0.337 e. The zero-order valence-electron chi connectivity index (χ0n) is 16.7. The molecule has 0 fully saturated rings. The van der Waals surface area contributed by atoms with Gasteiger partial charge in [0.25, 0.3) is 0 Å². The van der Waals surface area contributed by atoms with Crippen LogP contribution in [0.15, 0.2) is 56.2 Å². The minimum atomic E-state index is 1.05. The standard InChI is InChI=1S/C21H34N6/c1-2-3-9-24-15-16-25(20-24)12-6-7-13-27-18-17-26(21-27)11-5-4-10-23-14-8-22-19-23/h8,14-21H,2-7,9-13H2,1H3/q+2. The first-order valence-electron chi connectivity index (χ1n) is 10.4. The van der Waals surface area contributed by atoms with Crippen molar-refractivity contribution in [3.05, 3.63) is 56.2 Å². The smallest absolute Gasteiger partial charge is 0.243 e. The molecule has 3 heterocycles. The molecule has 27 heavy (non-hydrogen) atoms. The van der Waals surface area contributed by atoms with E-state index >= 15 is 0 Å². The number of nitrogens with zero attached hydrogens (tertiary/aromatic N) is 6. The molecule has 6 heteroatoms. The van der Waals surface area contributed by atoms with Crippen LogP contribution in [0.5, 0.6) is 0 Å². The molecule has 0 atom stereocenters. The van der Waals surface area contributed by atoms with Crippen molar-refractivity contribution in [1.29, 1.82) is 0 Å². The van der Waals surface area contributed by atoms with E-state index in [0.29, 0.717) is 0 Å². The fraction of sp³-hybridized carbons (Fsp3) is 0.571. The van der Waals surface area contributed by atoms with Crippen LogP contribution in [0.25, 0.3) is 0 Å². The number of hydrogen-bond acceptors (Lipinski definition) is 1. The highest BCUT2D eigenvalue weighted by Crippen LogP contribution is 1.98. The van der Waals surface area contributed by atoms with Crippen LogP contribution in [0.2, 0.25) is 0 Å². The summed E-state index contributed by atoms with van der Waals surface area (Å²) in [4.78, 5) is 4.08. The maximum atomic E-state index is 4.08. The van der Waals surface area contributed by atoms with E-state index in [1.807, 2.05) is 18.7 Å². The highest BCUT2D eigenvalue weighted by atomic mass is 15.1. The summed E-state index contributed by atoms with van der Waals surface area (Å²) in [6.45, 7) is 7.72. The average Bonchev–Trinajstić information content (AvgIpc) is 3.43. The molecule has 146 valence electrons. The Labute approximate surface area is 162 Å². The lowest BCUT2D eigenvalue weighted by molar-refractivity contribution is -0.697. The third kappa shape index (κ3) is 6.70. The third-order valence-corrected chi connectivity index (χ3v) is 4.99. The van der Waals surface area contributed by atoms with Gasteiger partial charge in [0.1, 0.15) is 24.8 Å². The minimum Gasteiger partial charge on any atom is -0.337 e. The second kappa shape index (κ2) is 10.7. The molecule has 0 radical (unpaired) electrons. The zero-order chi connectivity index (χ0) is 18.7. The predicted octanol–water partition coefficient (Wildman–Crippen LogP) is 2.82. The molecule has 0 amide bonds. The lowest BCUT2D eigenvalue weighted by Crippen LogP contribution is -2.31. The SMILES string of the molecule is CCCCn1cc[n+](CCCCn2cc[n+](CCCCn3ccnc3)c2)c1. The summed E-state index contributed by atoms with van der Waals surface area (Å²) in [5.74, 6) is 0. The second-order valence-electron chi connectivity index (χ2n) is 7.35. The fourth-order valence-electron chi connectivity index (χ4n) is 3.34. The first kappa shape index (κ1) is 19.4. The normalized spacial score (nSPS) is 11.3. The quantitative estimate of drug-likeness (QED) is 0.337. The van der Waals surface area contributed by atoms with E-state index in [1.54, 1.807) is 0 Å². The van der Waals surface area contributed by atoms with Gasteiger partial charge in [-0.05, 0) is 32.1 Å². The molecule has 3 aromatic heterocycles. The summed E-state index contributed by atoms with van der Waals surface area (Å²) in [5, 5.41) is 0. The molecular formula is C21H34N6+2. The van der Waals surface area contributed by atoms with Crippen molar-refractivity contribution in [1.82, 2.24) is 18.7 Å². The van der Waals surface area contributed by atoms with Gasteiger partial charge in [0, 0.05) is 18.9 Å². The molecule has 0 aliphatic carbocycles. The Balaban J connectivity index is 1.28. The fourth-order valence-corrected chi connectivity index (χ4v) is 3.34. The highest BCUT2D eigenvalue weighted by molar-refractivity contribution is 4.73. The van der Waals surface area contributed by atoms with Gasteiger partial charge in [0.2, 0.25) is 12.7 Å². The number of aryl methyl sites for hydroxylation is 5. The zero-order valence-corrected chi connectivity index (χ0v) is 16.7. The molecule has 3 aromatic rings. The number of imidazole rings is 3. The van der Waals surface area contributed by atoms with Gasteiger partial charge in [-0.2, -0.15) is 0 Å². The van der Waals surface area contributed by atoms with Crippen molar-refractivity contribution in [2.24, 2.45) is 0 Å². The maximum Gasteiger partial charge on any atom is 0.243 e. The van der Waals surface area contributed by atoms with E-state index in [-0.39, 0.29) is 0 Å². The predicted molar refractivity (Wildman–Crippen MR) is 105 cm³/mol. The van der Waals surface area contributed by atoms with Crippen LogP contribution >= 0.6 is 0 Å². The van der Waals surface area contributed by atoms with Crippen LogP contribution in [0.1, 0.15) is 45.4 Å². The Kier molecular flexibility index (Phi) is 7.69. The average molecular weight is 371 g/mol. The highest BCUT2D eigenvalue weighted by Gasteiger charge is 2.06. The third-order valence-electron chi connectivity index (χ3n) is 4.99. The maximum absolute atomic E-state index is 4.08. The van der Waals surface area contributed by atoms with Crippen LogP contribution < -0.4 is 9.13 Å². The van der Waals surface area contributed by atoms with Crippen LogP contribution in [0, 0.1) is 0 Å². The number of hydrogen-bond donors (Lipinski definition) is 0. The van der Waals surface area contributed by atoms with Gasteiger partial charge in [-0.1, -0.05) is 13.3 Å². The monoisotopic (exact) mass is 370 g/mol. The molecule has 0 bridgehead atoms. The lowest BCUT2D eigenvalue weighted by Gasteiger charge is -2.00. The Morgan fingerprint density at radius 1 is 0.704 bits per heavy atom.